The van der Waals surface area contributed by atoms with Gasteiger partial charge < -0.3 is 14.5 Å². The Kier molecular flexibility index (Phi) is 11.4. The van der Waals surface area contributed by atoms with E-state index in [0.717, 1.165) is 45.2 Å². The van der Waals surface area contributed by atoms with Gasteiger partial charge in [-0.2, -0.15) is 0 Å². The maximum Gasteiger partial charge on any atom is 0.137 e. The molecular formula is C64H64N4O. The van der Waals surface area contributed by atoms with E-state index in [1.807, 2.05) is 6.20 Å². The number of hydrogen-bond donors (Lipinski definition) is 0. The fraction of sp³-hybridized carbons (Fsp3) is 0.234. The molecule has 0 fully saturated rings. The minimum Gasteiger partial charge on any atom is -0.457 e. The number of rotatable bonds is 10. The molecule has 7 aromatic carbocycles. The predicted octanol–water partition coefficient (Wildman–Crippen LogP) is 16.6. The van der Waals surface area contributed by atoms with E-state index < -0.39 is 5.41 Å². The zero-order valence-electron chi connectivity index (χ0n) is 41.9. The Hall–Kier alpha value is -7.37. The molecule has 0 saturated carbocycles. The molecule has 1 aliphatic heterocycles. The minimum absolute atomic E-state index is 0.0166. The molecule has 69 heavy (non-hydrogen) atoms. The van der Waals surface area contributed by atoms with Crippen molar-refractivity contribution >= 4 is 33.2 Å². The van der Waals surface area contributed by atoms with Crippen molar-refractivity contribution in [1.29, 1.82) is 0 Å². The summed E-state index contributed by atoms with van der Waals surface area (Å²) in [6.07, 6.45) is 6.36. The summed E-state index contributed by atoms with van der Waals surface area (Å²) in [4.78, 5) is 9.80. The maximum absolute atomic E-state index is 7.26. The van der Waals surface area contributed by atoms with E-state index in [0.29, 0.717) is 6.67 Å². The van der Waals surface area contributed by atoms with Crippen LogP contribution in [-0.4, -0.2) is 16.2 Å². The SMILES string of the molecule is CC(C)(C)c1cc(N2C=CN(c3cc(Oc4cc(C(C)(C)c5ccccc5)c5c6ccccc6n(-c6cc(C(C)(C)c7ccccc7)ccn6)c5c4)cc(-c4ccccc4)c3)C2)cc(C(C)(C)C)c1. The van der Waals surface area contributed by atoms with Gasteiger partial charge in [0.25, 0.3) is 0 Å². The van der Waals surface area contributed by atoms with E-state index in [4.69, 9.17) is 9.72 Å². The van der Waals surface area contributed by atoms with Crippen LogP contribution in [0.5, 0.6) is 11.5 Å². The summed E-state index contributed by atoms with van der Waals surface area (Å²) in [5, 5.41) is 2.36. The molecule has 0 amide bonds. The molecule has 0 radical (unpaired) electrons. The summed E-state index contributed by atoms with van der Waals surface area (Å²) in [5.74, 6) is 2.39. The number of anilines is 2. The summed E-state index contributed by atoms with van der Waals surface area (Å²) in [5.41, 5.74) is 13.5. The third-order valence-electron chi connectivity index (χ3n) is 14.4. The van der Waals surface area contributed by atoms with Crippen LogP contribution >= 0.6 is 0 Å². The fourth-order valence-electron chi connectivity index (χ4n) is 9.97. The number of ether oxygens (including phenoxy) is 1. The molecule has 0 atom stereocenters. The van der Waals surface area contributed by atoms with Gasteiger partial charge in [-0.3, -0.25) is 4.57 Å². The summed E-state index contributed by atoms with van der Waals surface area (Å²) >= 11 is 0. The lowest BCUT2D eigenvalue weighted by Crippen LogP contribution is -2.26. The van der Waals surface area contributed by atoms with Crippen molar-refractivity contribution in [3.63, 3.8) is 0 Å². The average Bonchev–Trinajstić information content (AvgIpc) is 3.98. The second kappa shape index (κ2) is 17.3. The van der Waals surface area contributed by atoms with E-state index in [9.17, 15) is 0 Å². The Morgan fingerprint density at radius 2 is 0.986 bits per heavy atom. The van der Waals surface area contributed by atoms with E-state index in [1.54, 1.807) is 0 Å². The predicted molar refractivity (Wildman–Crippen MR) is 290 cm³/mol. The van der Waals surface area contributed by atoms with Gasteiger partial charge >= 0.3 is 0 Å². The zero-order chi connectivity index (χ0) is 48.3. The van der Waals surface area contributed by atoms with Crippen LogP contribution < -0.4 is 14.5 Å². The summed E-state index contributed by atoms with van der Waals surface area (Å²) in [6, 6.07) is 63.6. The molecule has 0 spiro atoms. The van der Waals surface area contributed by atoms with Crippen molar-refractivity contribution in [2.75, 3.05) is 16.5 Å². The van der Waals surface area contributed by atoms with E-state index in [-0.39, 0.29) is 16.2 Å². The first-order valence-corrected chi connectivity index (χ1v) is 24.4. The Morgan fingerprint density at radius 3 is 1.61 bits per heavy atom. The topological polar surface area (TPSA) is 33.5 Å². The molecule has 5 heteroatoms. The van der Waals surface area contributed by atoms with Crippen molar-refractivity contribution in [2.45, 2.75) is 90.9 Å². The molecule has 9 aromatic rings. The Labute approximate surface area is 409 Å². The lowest BCUT2D eigenvalue weighted by molar-refractivity contribution is 0.481. The first-order chi connectivity index (χ1) is 32.9. The van der Waals surface area contributed by atoms with Crippen LogP contribution in [0.25, 0.3) is 38.8 Å². The van der Waals surface area contributed by atoms with E-state index >= 15 is 0 Å². The van der Waals surface area contributed by atoms with Crippen LogP contribution in [0.3, 0.4) is 0 Å². The smallest absolute Gasteiger partial charge is 0.137 e. The largest absolute Gasteiger partial charge is 0.457 e. The number of para-hydroxylation sites is 1. The van der Waals surface area contributed by atoms with Gasteiger partial charge in [0, 0.05) is 63.7 Å². The highest BCUT2D eigenvalue weighted by Crippen LogP contribution is 2.46. The van der Waals surface area contributed by atoms with Gasteiger partial charge in [-0.1, -0.05) is 184 Å². The first kappa shape index (κ1) is 45.4. The molecule has 346 valence electrons. The molecule has 0 aliphatic carbocycles. The molecule has 1 aliphatic rings. The van der Waals surface area contributed by atoms with Crippen molar-refractivity contribution in [2.24, 2.45) is 0 Å². The summed E-state index contributed by atoms with van der Waals surface area (Å²) in [7, 11) is 0. The maximum atomic E-state index is 7.26. The molecule has 0 bridgehead atoms. The molecule has 3 heterocycles. The normalized spacial score (nSPS) is 13.5. The highest BCUT2D eigenvalue weighted by molar-refractivity contribution is 6.12. The van der Waals surface area contributed by atoms with E-state index in [2.05, 4.69) is 272 Å². The van der Waals surface area contributed by atoms with Gasteiger partial charge in [-0.25, -0.2) is 4.98 Å². The molecule has 5 nitrogen and oxygen atoms in total. The average molecular weight is 905 g/mol. The number of benzene rings is 7. The number of hydrogen-bond acceptors (Lipinski definition) is 4. The van der Waals surface area contributed by atoms with Gasteiger partial charge in [0.05, 0.1) is 17.7 Å². The number of pyridine rings is 1. The number of fused-ring (bicyclic) bond motifs is 3. The molecule has 10 rings (SSSR count). The third-order valence-corrected chi connectivity index (χ3v) is 14.4. The standard InChI is InChI=1S/C64H64N4O/c1-61(2,3)49-36-50(62(4,5)6)38-52(37-49)67-33-32-66(43-67)51-34-45(44-22-14-11-15-23-44)35-53(40-51)69-54-41-56(64(9,10)47-26-18-13-19-27-47)60-55-28-20-21-29-57(55)68(58(60)42-54)59-39-48(30-31-65-59)63(7,8)46-24-16-12-17-25-46/h11-42H,43H2,1-10H3. The quantitative estimate of drug-likeness (QED) is 0.137. The van der Waals surface area contributed by atoms with Crippen molar-refractivity contribution < 1.29 is 4.74 Å². The second-order valence-corrected chi connectivity index (χ2v) is 21.9. The van der Waals surface area contributed by atoms with Gasteiger partial charge in [0.15, 0.2) is 0 Å². The minimum atomic E-state index is -0.392. The highest BCUT2D eigenvalue weighted by Gasteiger charge is 2.31. The Balaban J connectivity index is 1.12. The second-order valence-electron chi connectivity index (χ2n) is 21.9. The summed E-state index contributed by atoms with van der Waals surface area (Å²) in [6.45, 7) is 23.7. The molecule has 0 N–H and O–H groups in total. The van der Waals surface area contributed by atoms with Crippen LogP contribution in [0.15, 0.2) is 195 Å². The van der Waals surface area contributed by atoms with Gasteiger partial charge in [-0.15, -0.1) is 0 Å². The third kappa shape index (κ3) is 8.72. The Morgan fingerprint density at radius 1 is 0.435 bits per heavy atom. The van der Waals surface area contributed by atoms with Crippen molar-refractivity contribution in [3.05, 3.63) is 228 Å². The molecule has 0 saturated heterocycles. The molecule has 2 aromatic heterocycles. The van der Waals surface area contributed by atoms with Crippen molar-refractivity contribution in [1.82, 2.24) is 9.55 Å². The van der Waals surface area contributed by atoms with Crippen LogP contribution in [0.1, 0.15) is 103 Å². The molecule has 0 unspecified atom stereocenters. The van der Waals surface area contributed by atoms with Gasteiger partial charge in [0.1, 0.15) is 17.3 Å². The lowest BCUT2D eigenvalue weighted by atomic mass is 9.76. The first-order valence-electron chi connectivity index (χ1n) is 24.4. The zero-order valence-corrected chi connectivity index (χ0v) is 41.9. The highest BCUT2D eigenvalue weighted by atomic mass is 16.5. The van der Waals surface area contributed by atoms with Gasteiger partial charge in [0.2, 0.25) is 0 Å². The van der Waals surface area contributed by atoms with Gasteiger partial charge in [-0.05, 0) is 104 Å². The van der Waals surface area contributed by atoms with Crippen LogP contribution in [0.2, 0.25) is 0 Å². The van der Waals surface area contributed by atoms with Crippen LogP contribution in [0.4, 0.5) is 11.4 Å². The van der Waals surface area contributed by atoms with Crippen molar-refractivity contribution in [3.8, 4) is 28.4 Å². The monoisotopic (exact) mass is 905 g/mol. The lowest BCUT2D eigenvalue weighted by Gasteiger charge is -2.29. The summed E-state index contributed by atoms with van der Waals surface area (Å²) < 4.78 is 9.60. The van der Waals surface area contributed by atoms with Crippen LogP contribution in [0, 0.1) is 0 Å². The Bertz CT molecular complexity index is 3320. The van der Waals surface area contributed by atoms with Crippen LogP contribution in [-0.2, 0) is 21.7 Å². The number of nitrogens with zero attached hydrogens (tertiary/aromatic N) is 4. The number of aromatic nitrogens is 2. The molecular weight excluding hydrogens is 841 g/mol. The van der Waals surface area contributed by atoms with E-state index in [1.165, 1.54) is 49.8 Å². The fourth-order valence-corrected chi connectivity index (χ4v) is 9.97.